The topological polar surface area (TPSA) is 6.48 Å². The summed E-state index contributed by atoms with van der Waals surface area (Å²) in [6.45, 7) is 0. The van der Waals surface area contributed by atoms with Crippen LogP contribution in [0.1, 0.15) is 0 Å². The van der Waals surface area contributed by atoms with Crippen LogP contribution in [0.5, 0.6) is 0 Å². The van der Waals surface area contributed by atoms with Gasteiger partial charge in [0.25, 0.3) is 0 Å². The van der Waals surface area contributed by atoms with E-state index in [4.69, 9.17) is 0 Å². The van der Waals surface area contributed by atoms with Crippen LogP contribution in [0.2, 0.25) is 0 Å². The number of hydrogen-bond acceptors (Lipinski definition) is 2. The molecule has 0 aliphatic heterocycles. The van der Waals surface area contributed by atoms with Crippen molar-refractivity contribution in [2.45, 2.75) is 0 Å². The predicted molar refractivity (Wildman–Crippen MR) is 108 cm³/mol. The van der Waals surface area contributed by atoms with E-state index in [1.165, 1.54) is 32.9 Å². The van der Waals surface area contributed by atoms with Gasteiger partial charge in [-0.3, -0.25) is 0 Å². The Kier molecular flexibility index (Phi) is 6.61. The van der Waals surface area contributed by atoms with Crippen molar-refractivity contribution in [1.29, 1.82) is 0 Å². The summed E-state index contributed by atoms with van der Waals surface area (Å²) in [5.41, 5.74) is 2.52. The Morgan fingerprint density at radius 2 is 1.00 bits per heavy atom. The van der Waals surface area contributed by atoms with Crippen molar-refractivity contribution in [3.05, 3.63) is 72.8 Å². The molecule has 0 saturated heterocycles. The van der Waals surface area contributed by atoms with Gasteiger partial charge in [0.05, 0.1) is 0 Å². The van der Waals surface area contributed by atoms with Crippen molar-refractivity contribution < 1.29 is 26.2 Å². The predicted octanol–water partition coefficient (Wildman–Crippen LogP) is 5.25. The zero-order chi connectivity index (χ0) is 17.1. The first-order chi connectivity index (χ1) is 11.5. The molecule has 0 aliphatic rings. The van der Waals surface area contributed by atoms with E-state index in [1.54, 1.807) is 0 Å². The van der Waals surface area contributed by atoms with E-state index in [2.05, 4.69) is 111 Å². The molecule has 4 rings (SSSR count). The summed E-state index contributed by atoms with van der Waals surface area (Å²) >= 11 is 0. The number of benzene rings is 2. The first kappa shape index (κ1) is 19.5. The van der Waals surface area contributed by atoms with Crippen molar-refractivity contribution in [3.8, 4) is 0 Å². The van der Waals surface area contributed by atoms with Crippen LogP contribution in [0.15, 0.2) is 72.8 Å². The normalized spacial score (nSPS) is 10.1. The van der Waals surface area contributed by atoms with Gasteiger partial charge in [-0.15, -0.1) is 35.0 Å². The fourth-order valence-corrected chi connectivity index (χ4v) is 2.78. The first-order valence-corrected chi connectivity index (χ1v) is 8.20. The molecular formula is C22H24N2Zr. The second-order valence-corrected chi connectivity index (χ2v) is 6.47. The van der Waals surface area contributed by atoms with Gasteiger partial charge in [0.1, 0.15) is 0 Å². The Bertz CT molecular complexity index is 853. The molecule has 0 fully saturated rings. The standard InChI is InChI=1S/2C11H12N.Zr/c2*1-12(2)11-7-6-9-4-3-5-10(9)8-11;/h2*3-8H,1-2H3;/q2*-1;+2. The second-order valence-electron chi connectivity index (χ2n) is 6.47. The van der Waals surface area contributed by atoms with Gasteiger partial charge < -0.3 is 9.80 Å². The van der Waals surface area contributed by atoms with Gasteiger partial charge in [0.15, 0.2) is 0 Å². The SMILES string of the molecule is CN(C)c1ccc2[cH-]ccc2c1.CN(C)c1ccc2[cH-]ccc2c1.[Zr+2]. The molecule has 0 N–H and O–H groups in total. The smallest absolute Gasteiger partial charge is 0.379 e. The van der Waals surface area contributed by atoms with Crippen LogP contribution < -0.4 is 9.80 Å². The van der Waals surface area contributed by atoms with Crippen LogP contribution in [-0.2, 0) is 26.2 Å². The largest absolute Gasteiger partial charge is 2.00 e. The molecule has 25 heavy (non-hydrogen) atoms. The molecule has 126 valence electrons. The molecule has 0 bridgehead atoms. The van der Waals surface area contributed by atoms with E-state index < -0.39 is 0 Å². The average molecular weight is 408 g/mol. The molecule has 3 heteroatoms. The van der Waals surface area contributed by atoms with Crippen molar-refractivity contribution >= 4 is 32.9 Å². The van der Waals surface area contributed by atoms with Crippen molar-refractivity contribution in [3.63, 3.8) is 0 Å². The summed E-state index contributed by atoms with van der Waals surface area (Å²) in [5, 5.41) is 5.28. The monoisotopic (exact) mass is 406 g/mol. The molecule has 0 aromatic heterocycles. The summed E-state index contributed by atoms with van der Waals surface area (Å²) in [6, 6.07) is 25.7. The molecule has 0 heterocycles. The zero-order valence-electron chi connectivity index (χ0n) is 15.3. The second kappa shape index (κ2) is 8.49. The van der Waals surface area contributed by atoms with Crippen molar-refractivity contribution in [2.24, 2.45) is 0 Å². The maximum atomic E-state index is 2.20. The summed E-state index contributed by atoms with van der Waals surface area (Å²) < 4.78 is 0. The average Bonchev–Trinajstić information content (AvgIpc) is 3.22. The minimum absolute atomic E-state index is 0. The number of hydrogen-bond donors (Lipinski definition) is 0. The summed E-state index contributed by atoms with van der Waals surface area (Å²) in [7, 11) is 8.24. The van der Waals surface area contributed by atoms with Crippen LogP contribution >= 0.6 is 0 Å². The number of rotatable bonds is 2. The summed E-state index contributed by atoms with van der Waals surface area (Å²) in [4.78, 5) is 4.24. The quantitative estimate of drug-likeness (QED) is 0.419. The van der Waals surface area contributed by atoms with Crippen molar-refractivity contribution in [1.82, 2.24) is 0 Å². The number of fused-ring (bicyclic) bond motifs is 2. The molecule has 0 amide bonds. The van der Waals surface area contributed by atoms with Gasteiger partial charge in [0, 0.05) is 39.6 Å². The minimum atomic E-state index is 0. The molecule has 4 aromatic carbocycles. The fourth-order valence-electron chi connectivity index (χ4n) is 2.78. The number of anilines is 2. The molecule has 0 saturated carbocycles. The van der Waals surface area contributed by atoms with E-state index in [-0.39, 0.29) is 26.2 Å². The zero-order valence-corrected chi connectivity index (χ0v) is 17.8. The van der Waals surface area contributed by atoms with E-state index in [9.17, 15) is 0 Å². The van der Waals surface area contributed by atoms with Crippen LogP contribution in [0.3, 0.4) is 0 Å². The van der Waals surface area contributed by atoms with Crippen LogP contribution in [0.25, 0.3) is 21.5 Å². The molecule has 0 atom stereocenters. The van der Waals surface area contributed by atoms with E-state index in [0.29, 0.717) is 0 Å². The van der Waals surface area contributed by atoms with Crippen molar-refractivity contribution in [2.75, 3.05) is 38.0 Å². The van der Waals surface area contributed by atoms with Gasteiger partial charge in [0.2, 0.25) is 0 Å². The van der Waals surface area contributed by atoms with E-state index in [1.807, 2.05) is 0 Å². The van der Waals surface area contributed by atoms with Crippen LogP contribution in [0, 0.1) is 0 Å². The molecule has 0 unspecified atom stereocenters. The maximum absolute atomic E-state index is 2.20. The van der Waals surface area contributed by atoms with E-state index in [0.717, 1.165) is 0 Å². The maximum Gasteiger partial charge on any atom is 2.00 e. The Hall–Kier alpha value is -1.86. The molecule has 0 radical (unpaired) electrons. The molecule has 2 nitrogen and oxygen atoms in total. The Morgan fingerprint density at radius 1 is 0.600 bits per heavy atom. The van der Waals surface area contributed by atoms with Crippen LogP contribution in [-0.4, -0.2) is 28.2 Å². The van der Waals surface area contributed by atoms with Gasteiger partial charge in [-0.05, 0) is 0 Å². The third-order valence-electron chi connectivity index (χ3n) is 4.28. The summed E-state index contributed by atoms with van der Waals surface area (Å²) in [5.74, 6) is 0. The van der Waals surface area contributed by atoms with Gasteiger partial charge in [-0.2, -0.15) is 35.0 Å². The van der Waals surface area contributed by atoms with Crippen LogP contribution in [0.4, 0.5) is 11.4 Å². The van der Waals surface area contributed by atoms with Gasteiger partial charge >= 0.3 is 26.2 Å². The Labute approximate surface area is 169 Å². The molecule has 4 aromatic rings. The molecule has 0 aliphatic carbocycles. The van der Waals surface area contributed by atoms with E-state index >= 15 is 0 Å². The third-order valence-corrected chi connectivity index (χ3v) is 4.28. The first-order valence-electron chi connectivity index (χ1n) is 8.20. The Balaban J connectivity index is 0.000000173. The third kappa shape index (κ3) is 4.61. The van der Waals surface area contributed by atoms with Gasteiger partial charge in [-0.25, -0.2) is 0 Å². The molecule has 0 spiro atoms. The fraction of sp³-hybridized carbons (Fsp3) is 0.182. The Morgan fingerprint density at radius 3 is 1.36 bits per heavy atom. The summed E-state index contributed by atoms with van der Waals surface area (Å²) in [6.07, 6.45) is 0. The number of nitrogens with zero attached hydrogens (tertiary/aromatic N) is 2. The van der Waals surface area contributed by atoms with Gasteiger partial charge in [-0.1, -0.05) is 24.3 Å². The molecular weight excluding hydrogens is 383 g/mol. The minimum Gasteiger partial charge on any atom is -0.379 e.